The van der Waals surface area contributed by atoms with Gasteiger partial charge in [0.25, 0.3) is 0 Å². The van der Waals surface area contributed by atoms with Crippen LogP contribution in [-0.4, -0.2) is 24.0 Å². The molecule has 1 aromatic rings. The molecule has 0 amide bonds. The van der Waals surface area contributed by atoms with Crippen LogP contribution >= 0.6 is 0 Å². The van der Waals surface area contributed by atoms with E-state index in [4.69, 9.17) is 10.5 Å². The Morgan fingerprint density at radius 3 is 2.78 bits per heavy atom. The first-order valence-electron chi connectivity index (χ1n) is 6.16. The van der Waals surface area contributed by atoms with Gasteiger partial charge in [0.15, 0.2) is 5.78 Å². The molecule has 2 N–H and O–H groups in total. The van der Waals surface area contributed by atoms with Crippen LogP contribution in [0.15, 0.2) is 18.2 Å². The molecule has 18 heavy (non-hydrogen) atoms. The third-order valence-electron chi connectivity index (χ3n) is 3.31. The number of carbonyl (C=O) groups is 1. The maximum atomic E-state index is 11.7. The van der Waals surface area contributed by atoms with Crippen LogP contribution in [-0.2, 0) is 4.79 Å². The molecule has 0 spiro atoms. The van der Waals surface area contributed by atoms with E-state index in [0.29, 0.717) is 12.2 Å². The van der Waals surface area contributed by atoms with E-state index in [-0.39, 0.29) is 17.4 Å². The van der Waals surface area contributed by atoms with E-state index < -0.39 is 0 Å². The zero-order valence-corrected chi connectivity index (χ0v) is 11.4. The number of hydrogen-bond donors (Lipinski definition) is 1. The zero-order chi connectivity index (χ0) is 13.5. The van der Waals surface area contributed by atoms with Gasteiger partial charge in [-0.25, -0.2) is 0 Å². The molecule has 1 heterocycles. The van der Waals surface area contributed by atoms with Gasteiger partial charge < -0.3 is 15.4 Å². The number of fused-ring (bicyclic) bond motifs is 1. The minimum Gasteiger partial charge on any atom is -0.484 e. The maximum Gasteiger partial charge on any atom is 0.151 e. The number of rotatable bonds is 2. The molecule has 0 aromatic heterocycles. The molecule has 4 nitrogen and oxygen atoms in total. The van der Waals surface area contributed by atoms with Gasteiger partial charge in [-0.05, 0) is 39.8 Å². The molecule has 0 fully saturated rings. The van der Waals surface area contributed by atoms with Crippen molar-refractivity contribution in [2.75, 3.05) is 17.2 Å². The Hall–Kier alpha value is -1.71. The highest BCUT2D eigenvalue weighted by Crippen LogP contribution is 2.41. The van der Waals surface area contributed by atoms with Crippen molar-refractivity contribution in [3.8, 4) is 5.75 Å². The van der Waals surface area contributed by atoms with E-state index in [1.807, 2.05) is 43.9 Å². The van der Waals surface area contributed by atoms with Crippen molar-refractivity contribution in [1.29, 1.82) is 0 Å². The molecule has 4 heteroatoms. The highest BCUT2D eigenvalue weighted by molar-refractivity contribution is 5.88. The molecule has 2 rings (SSSR count). The van der Waals surface area contributed by atoms with Gasteiger partial charge in [-0.3, -0.25) is 4.79 Å². The summed E-state index contributed by atoms with van der Waals surface area (Å²) in [6.07, 6.45) is 0. The summed E-state index contributed by atoms with van der Waals surface area (Å²) in [5.74, 6) is 0.876. The van der Waals surface area contributed by atoms with Gasteiger partial charge in [0.05, 0.1) is 18.3 Å². The normalized spacial score (nSPS) is 18.8. The van der Waals surface area contributed by atoms with Crippen LogP contribution in [0.1, 0.15) is 27.7 Å². The van der Waals surface area contributed by atoms with Crippen molar-refractivity contribution in [1.82, 2.24) is 0 Å². The summed E-state index contributed by atoms with van der Waals surface area (Å²) in [7, 11) is 0. The van der Waals surface area contributed by atoms with Crippen molar-refractivity contribution in [2.24, 2.45) is 0 Å². The number of nitrogens with zero attached hydrogens (tertiary/aromatic N) is 1. The summed E-state index contributed by atoms with van der Waals surface area (Å²) < 4.78 is 5.93. The average molecular weight is 248 g/mol. The fourth-order valence-corrected chi connectivity index (χ4v) is 2.30. The summed E-state index contributed by atoms with van der Waals surface area (Å²) in [5.41, 5.74) is 7.18. The summed E-state index contributed by atoms with van der Waals surface area (Å²) in [5, 5.41) is 0. The highest BCUT2D eigenvalue weighted by Gasteiger charge is 2.36. The van der Waals surface area contributed by atoms with Gasteiger partial charge in [-0.1, -0.05) is 6.07 Å². The summed E-state index contributed by atoms with van der Waals surface area (Å²) in [6, 6.07) is 5.40. The predicted molar refractivity (Wildman–Crippen MR) is 73.1 cm³/mol. The van der Waals surface area contributed by atoms with Crippen molar-refractivity contribution in [3.05, 3.63) is 18.2 Å². The number of ketones is 1. The molecule has 1 aliphatic rings. The second-order valence-electron chi connectivity index (χ2n) is 5.47. The standard InChI is InChI=1S/C14H20N2O2/c1-9(10(2)17)16-8-14(3,4)18-12-7-5-6-11(15)13(12)16/h5-7,9H,8,15H2,1-4H3. The predicted octanol–water partition coefficient (Wildman–Crippen LogP) is 2.22. The number of carbonyl (C=O) groups excluding carboxylic acids is 1. The highest BCUT2D eigenvalue weighted by atomic mass is 16.5. The Bertz CT molecular complexity index is 483. The number of ether oxygens (including phenoxy) is 1. The lowest BCUT2D eigenvalue weighted by Crippen LogP contribution is -2.52. The first-order valence-corrected chi connectivity index (χ1v) is 6.16. The number of para-hydroxylation sites is 1. The first-order chi connectivity index (χ1) is 8.32. The Kier molecular flexibility index (Phi) is 2.97. The van der Waals surface area contributed by atoms with Crippen molar-refractivity contribution in [2.45, 2.75) is 39.3 Å². The minimum atomic E-state index is -0.329. The number of Topliss-reactive ketones (excluding diaryl/α,β-unsaturated/α-hetero) is 1. The second-order valence-corrected chi connectivity index (χ2v) is 5.47. The fraction of sp³-hybridized carbons (Fsp3) is 0.500. The van der Waals surface area contributed by atoms with Crippen LogP contribution < -0.4 is 15.4 Å². The van der Waals surface area contributed by atoms with Crippen molar-refractivity contribution in [3.63, 3.8) is 0 Å². The summed E-state index contributed by atoms with van der Waals surface area (Å²) >= 11 is 0. The van der Waals surface area contributed by atoms with Crippen molar-refractivity contribution < 1.29 is 9.53 Å². The Morgan fingerprint density at radius 1 is 1.50 bits per heavy atom. The van der Waals surface area contributed by atoms with Crippen LogP contribution in [0.4, 0.5) is 11.4 Å². The molecule has 1 aromatic carbocycles. The Morgan fingerprint density at radius 2 is 2.17 bits per heavy atom. The van der Waals surface area contributed by atoms with Crippen LogP contribution in [0.25, 0.3) is 0 Å². The molecule has 0 bridgehead atoms. The summed E-state index contributed by atoms with van der Waals surface area (Å²) in [6.45, 7) is 8.18. The molecule has 1 unspecified atom stereocenters. The third kappa shape index (κ3) is 2.15. The quantitative estimate of drug-likeness (QED) is 0.815. The lowest BCUT2D eigenvalue weighted by Gasteiger charge is -2.43. The van der Waals surface area contributed by atoms with E-state index in [0.717, 1.165) is 11.4 Å². The van der Waals surface area contributed by atoms with Gasteiger partial charge >= 0.3 is 0 Å². The number of nitrogens with two attached hydrogens (primary N) is 1. The fourth-order valence-electron chi connectivity index (χ4n) is 2.30. The minimum absolute atomic E-state index is 0.127. The van der Waals surface area contributed by atoms with Crippen LogP contribution in [0.2, 0.25) is 0 Å². The third-order valence-corrected chi connectivity index (χ3v) is 3.31. The van der Waals surface area contributed by atoms with Crippen molar-refractivity contribution >= 4 is 17.2 Å². The van der Waals surface area contributed by atoms with Crippen LogP contribution in [0, 0.1) is 0 Å². The Balaban J connectivity index is 2.51. The Labute approximate surface area is 108 Å². The maximum absolute atomic E-state index is 11.7. The van der Waals surface area contributed by atoms with Crippen LogP contribution in [0.5, 0.6) is 5.75 Å². The van der Waals surface area contributed by atoms with Gasteiger partial charge in [0.1, 0.15) is 17.0 Å². The molecule has 0 radical (unpaired) electrons. The van der Waals surface area contributed by atoms with E-state index in [9.17, 15) is 4.79 Å². The van der Waals surface area contributed by atoms with Gasteiger partial charge in [-0.2, -0.15) is 0 Å². The molecule has 98 valence electrons. The lowest BCUT2D eigenvalue weighted by atomic mass is 10.0. The topological polar surface area (TPSA) is 55.6 Å². The van der Waals surface area contributed by atoms with Crippen LogP contribution in [0.3, 0.4) is 0 Å². The van der Waals surface area contributed by atoms with Gasteiger partial charge in [0.2, 0.25) is 0 Å². The van der Waals surface area contributed by atoms with E-state index >= 15 is 0 Å². The van der Waals surface area contributed by atoms with E-state index in [2.05, 4.69) is 0 Å². The molecule has 0 aliphatic carbocycles. The SMILES string of the molecule is CC(=O)C(C)N1CC(C)(C)Oc2cccc(N)c21. The van der Waals surface area contributed by atoms with E-state index in [1.54, 1.807) is 6.92 Å². The smallest absolute Gasteiger partial charge is 0.151 e. The molecule has 0 saturated heterocycles. The number of nitrogen functional groups attached to an aromatic ring is 1. The molecule has 0 saturated carbocycles. The monoisotopic (exact) mass is 248 g/mol. The van der Waals surface area contributed by atoms with Gasteiger partial charge in [0, 0.05) is 0 Å². The average Bonchev–Trinajstić information content (AvgIpc) is 2.25. The second kappa shape index (κ2) is 4.19. The molecular weight excluding hydrogens is 228 g/mol. The number of benzene rings is 1. The molecular formula is C14H20N2O2. The first kappa shape index (κ1) is 12.7. The molecule has 1 atom stereocenters. The lowest BCUT2D eigenvalue weighted by molar-refractivity contribution is -0.118. The zero-order valence-electron chi connectivity index (χ0n) is 11.4. The van der Waals surface area contributed by atoms with Gasteiger partial charge in [-0.15, -0.1) is 0 Å². The molecule has 1 aliphatic heterocycles. The van der Waals surface area contributed by atoms with E-state index in [1.165, 1.54) is 0 Å². The largest absolute Gasteiger partial charge is 0.484 e. The number of anilines is 2. The summed E-state index contributed by atoms with van der Waals surface area (Å²) in [4.78, 5) is 13.7. The number of hydrogen-bond acceptors (Lipinski definition) is 4.